The summed E-state index contributed by atoms with van der Waals surface area (Å²) in [6.07, 6.45) is 17.3. The number of allylic oxidation sites excluding steroid dienone is 2. The fraction of sp³-hybridized carbons (Fsp3) is 0.324. The van der Waals surface area contributed by atoms with Gasteiger partial charge in [0, 0.05) is 0 Å². The van der Waals surface area contributed by atoms with Crippen LogP contribution >= 0.6 is 0 Å². The van der Waals surface area contributed by atoms with E-state index in [-0.39, 0.29) is 12.3 Å². The summed E-state index contributed by atoms with van der Waals surface area (Å²) in [5.41, 5.74) is 3.32. The first-order valence-corrected chi connectivity index (χ1v) is 14.8. The molecule has 1 fully saturated rings. The minimum absolute atomic E-state index is 0.252. The van der Waals surface area contributed by atoms with Crippen molar-refractivity contribution in [2.45, 2.75) is 71.7 Å². The van der Waals surface area contributed by atoms with E-state index in [1.165, 1.54) is 19.3 Å². The van der Waals surface area contributed by atoms with Crippen molar-refractivity contribution in [2.75, 3.05) is 0 Å². The maximum absolute atomic E-state index is 12.9. The molecule has 1 aliphatic rings. The largest absolute Gasteiger partial charge is 0.516 e. The van der Waals surface area contributed by atoms with Crippen LogP contribution in [0.15, 0.2) is 91.2 Å². The van der Waals surface area contributed by atoms with Crippen LogP contribution < -0.4 is 9.47 Å². The predicted octanol–water partition coefficient (Wildman–Crippen LogP) is 9.19. The Labute approximate surface area is 250 Å². The fourth-order valence-corrected chi connectivity index (χ4v) is 4.99. The molecule has 1 saturated carbocycles. The summed E-state index contributed by atoms with van der Waals surface area (Å²) in [6, 6.07) is 23.2. The van der Waals surface area contributed by atoms with Gasteiger partial charge in [-0.1, -0.05) is 92.1 Å². The number of aliphatic hydroxyl groups is 1. The van der Waals surface area contributed by atoms with Gasteiger partial charge in [0.15, 0.2) is 6.29 Å². The average molecular weight is 567 g/mol. The highest BCUT2D eigenvalue weighted by Gasteiger charge is 2.30. The molecule has 0 amide bonds. The molecule has 0 saturated heterocycles. The van der Waals surface area contributed by atoms with Crippen molar-refractivity contribution in [1.82, 2.24) is 0 Å². The van der Waals surface area contributed by atoms with Crippen LogP contribution in [0.5, 0.6) is 11.5 Å². The summed E-state index contributed by atoms with van der Waals surface area (Å²) in [4.78, 5) is 12.9. The van der Waals surface area contributed by atoms with Crippen LogP contribution in [0.4, 0.5) is 0 Å². The lowest BCUT2D eigenvalue weighted by Crippen LogP contribution is -2.31. The molecular weight excluding hydrogens is 524 g/mol. The normalized spacial score (nSPS) is 15.4. The Morgan fingerprint density at radius 2 is 1.33 bits per heavy atom. The first-order chi connectivity index (χ1) is 20.3. The zero-order chi connectivity index (χ0) is 29.8. The van der Waals surface area contributed by atoms with E-state index >= 15 is 0 Å². The molecule has 1 unspecified atom stereocenters. The van der Waals surface area contributed by atoms with Gasteiger partial charge in [-0.25, -0.2) is 0 Å². The van der Waals surface area contributed by atoms with Crippen LogP contribution in [0.2, 0.25) is 0 Å². The Morgan fingerprint density at radius 3 is 1.90 bits per heavy atom. The van der Waals surface area contributed by atoms with E-state index in [4.69, 9.17) is 19.3 Å². The zero-order valence-electron chi connectivity index (χ0n) is 24.9. The van der Waals surface area contributed by atoms with Crippen LogP contribution in [0.1, 0.15) is 75.1 Å². The number of rotatable bonds is 12. The van der Waals surface area contributed by atoms with E-state index in [1.54, 1.807) is 6.08 Å². The van der Waals surface area contributed by atoms with E-state index in [0.717, 1.165) is 47.1 Å². The van der Waals surface area contributed by atoms with Gasteiger partial charge in [0.05, 0.1) is 17.8 Å². The van der Waals surface area contributed by atoms with Gasteiger partial charge in [-0.2, -0.15) is 0 Å². The van der Waals surface area contributed by atoms with Gasteiger partial charge in [-0.15, -0.1) is 0 Å². The highest BCUT2D eigenvalue weighted by Crippen LogP contribution is 2.26. The standard InChI is InChI=1S/C37H42O5/c1-28(40-33-11-5-4-6-12-33)41-34-21-17-29(18-22-34)9-7-8-10-30-19-23-35(24-20-30)42-36(39)37(2,3)27-32-15-13-31(14-16-32)25-26-38/h7-10,13-26,28,33,38H,4-6,11-12,27H2,1-3H3. The SMILES string of the molecule is CC(Oc1ccc(C=CC=Cc2ccc(OC(=O)C(C)(C)Cc3ccc(C=CO)cc3)cc2)cc1)OC1CCCCC1. The molecule has 1 atom stereocenters. The van der Waals surface area contributed by atoms with Crippen molar-refractivity contribution >= 4 is 24.2 Å². The van der Waals surface area contributed by atoms with Gasteiger partial charge >= 0.3 is 5.97 Å². The quantitative estimate of drug-likeness (QED) is 0.0778. The fourth-order valence-electron chi connectivity index (χ4n) is 4.99. The van der Waals surface area contributed by atoms with E-state index in [2.05, 4.69) is 0 Å². The van der Waals surface area contributed by atoms with Gasteiger partial charge in [-0.05, 0) is 92.6 Å². The lowest BCUT2D eigenvalue weighted by atomic mass is 9.85. The highest BCUT2D eigenvalue weighted by molar-refractivity contribution is 5.79. The number of aliphatic hydroxyl groups excluding tert-OH is 1. The molecule has 0 heterocycles. The average Bonchev–Trinajstić information content (AvgIpc) is 2.98. The lowest BCUT2D eigenvalue weighted by molar-refractivity contribution is -0.143. The zero-order valence-corrected chi connectivity index (χ0v) is 24.9. The van der Waals surface area contributed by atoms with Crippen LogP contribution in [-0.2, 0) is 16.0 Å². The first kappa shape index (κ1) is 30.9. The Balaban J connectivity index is 1.22. The van der Waals surface area contributed by atoms with E-state index in [1.807, 2.05) is 118 Å². The minimum atomic E-state index is -0.691. The van der Waals surface area contributed by atoms with E-state index < -0.39 is 5.41 Å². The molecule has 0 radical (unpaired) electrons. The monoisotopic (exact) mass is 566 g/mol. The molecule has 1 aliphatic carbocycles. The highest BCUT2D eigenvalue weighted by atomic mass is 16.7. The molecule has 3 aromatic carbocycles. The third-order valence-corrected chi connectivity index (χ3v) is 7.34. The Kier molecular flexibility index (Phi) is 11.2. The molecular formula is C37H42O5. The second-order valence-electron chi connectivity index (χ2n) is 11.4. The lowest BCUT2D eigenvalue weighted by Gasteiger charge is -2.26. The maximum atomic E-state index is 12.9. The molecule has 5 heteroatoms. The van der Waals surface area contributed by atoms with Gasteiger partial charge in [0.25, 0.3) is 0 Å². The second kappa shape index (κ2) is 15.2. The Morgan fingerprint density at radius 1 is 0.810 bits per heavy atom. The van der Waals surface area contributed by atoms with Gasteiger partial charge in [0.1, 0.15) is 11.5 Å². The maximum Gasteiger partial charge on any atom is 0.317 e. The molecule has 0 bridgehead atoms. The molecule has 0 aromatic heterocycles. The van der Waals surface area contributed by atoms with Crippen molar-refractivity contribution in [2.24, 2.45) is 5.41 Å². The number of carbonyl (C=O) groups is 1. The van der Waals surface area contributed by atoms with Crippen LogP contribution in [0, 0.1) is 5.41 Å². The molecule has 0 spiro atoms. The number of esters is 1. The molecule has 42 heavy (non-hydrogen) atoms. The third-order valence-electron chi connectivity index (χ3n) is 7.34. The molecule has 1 N–H and O–H groups in total. The summed E-state index contributed by atoms with van der Waals surface area (Å²) >= 11 is 0. The summed E-state index contributed by atoms with van der Waals surface area (Å²) in [5.74, 6) is 1.04. The smallest absolute Gasteiger partial charge is 0.317 e. The number of hydrogen-bond donors (Lipinski definition) is 1. The van der Waals surface area contributed by atoms with Gasteiger partial charge < -0.3 is 19.3 Å². The number of hydrogen-bond acceptors (Lipinski definition) is 5. The topological polar surface area (TPSA) is 65.0 Å². The Bertz CT molecular complexity index is 1340. The van der Waals surface area contributed by atoms with Crippen molar-refractivity contribution in [3.05, 3.63) is 113 Å². The number of ether oxygens (including phenoxy) is 3. The molecule has 4 rings (SSSR count). The van der Waals surface area contributed by atoms with Crippen LogP contribution in [0.25, 0.3) is 18.2 Å². The predicted molar refractivity (Wildman–Crippen MR) is 170 cm³/mol. The molecule has 220 valence electrons. The van der Waals surface area contributed by atoms with E-state index in [9.17, 15) is 4.79 Å². The number of benzene rings is 3. The van der Waals surface area contributed by atoms with Crippen molar-refractivity contribution in [3.63, 3.8) is 0 Å². The second-order valence-corrected chi connectivity index (χ2v) is 11.4. The van der Waals surface area contributed by atoms with Crippen molar-refractivity contribution in [3.8, 4) is 11.5 Å². The van der Waals surface area contributed by atoms with Gasteiger partial charge in [0.2, 0.25) is 0 Å². The molecule has 3 aromatic rings. The number of carbonyl (C=O) groups excluding carboxylic acids is 1. The third kappa shape index (κ3) is 9.78. The summed E-state index contributed by atoms with van der Waals surface area (Å²) < 4.78 is 17.7. The molecule has 5 nitrogen and oxygen atoms in total. The summed E-state index contributed by atoms with van der Waals surface area (Å²) in [6.45, 7) is 5.73. The Hall–Kier alpha value is -4.09. The van der Waals surface area contributed by atoms with Gasteiger partial charge in [-0.3, -0.25) is 4.79 Å². The van der Waals surface area contributed by atoms with Crippen molar-refractivity contribution in [1.29, 1.82) is 0 Å². The van der Waals surface area contributed by atoms with Crippen LogP contribution in [0.3, 0.4) is 0 Å². The van der Waals surface area contributed by atoms with E-state index in [0.29, 0.717) is 18.3 Å². The van der Waals surface area contributed by atoms with Crippen LogP contribution in [-0.4, -0.2) is 23.5 Å². The summed E-state index contributed by atoms with van der Waals surface area (Å²) in [7, 11) is 0. The van der Waals surface area contributed by atoms with Crippen molar-refractivity contribution < 1.29 is 24.1 Å². The molecule has 0 aliphatic heterocycles. The minimum Gasteiger partial charge on any atom is -0.516 e. The first-order valence-electron chi connectivity index (χ1n) is 14.8. The summed E-state index contributed by atoms with van der Waals surface area (Å²) in [5, 5.41) is 8.91.